The molecular weight excluding hydrogens is 372 g/mol. The fourth-order valence-electron chi connectivity index (χ4n) is 1.57. The number of hydrogen-bond donors (Lipinski definition) is 2. The van der Waals surface area contributed by atoms with E-state index in [4.69, 9.17) is 0 Å². The summed E-state index contributed by atoms with van der Waals surface area (Å²) in [7, 11) is 0. The molecule has 0 radical (unpaired) electrons. The third-order valence-electron chi connectivity index (χ3n) is 2.43. The highest BCUT2D eigenvalue weighted by Gasteiger charge is 2.04. The normalized spacial score (nSPS) is 10.3. The zero-order valence-electron chi connectivity index (χ0n) is 10.5. The second kappa shape index (κ2) is 6.86. The summed E-state index contributed by atoms with van der Waals surface area (Å²) >= 11 is 6.91. The van der Waals surface area contributed by atoms with Crippen molar-refractivity contribution in [3.63, 3.8) is 0 Å². The van der Waals surface area contributed by atoms with Crippen molar-refractivity contribution in [2.45, 2.75) is 13.5 Å². The van der Waals surface area contributed by atoms with Gasteiger partial charge in [0.1, 0.15) is 5.82 Å². The molecule has 0 aliphatic carbocycles. The van der Waals surface area contributed by atoms with Gasteiger partial charge in [-0.25, -0.2) is 4.98 Å². The van der Waals surface area contributed by atoms with E-state index >= 15 is 0 Å². The van der Waals surface area contributed by atoms with Crippen LogP contribution in [0.15, 0.2) is 39.4 Å². The lowest BCUT2D eigenvalue weighted by Crippen LogP contribution is -2.07. The molecule has 1 aromatic carbocycles. The molecule has 0 aliphatic rings. The fourth-order valence-corrected chi connectivity index (χ4v) is 2.34. The maximum Gasteiger partial charge on any atom is 0.224 e. The number of nitrogens with zero attached hydrogens (tertiary/aromatic N) is 2. The van der Waals surface area contributed by atoms with Gasteiger partial charge < -0.3 is 10.6 Å². The summed E-state index contributed by atoms with van der Waals surface area (Å²) in [6, 6.07) is 8.17. The van der Waals surface area contributed by atoms with Crippen LogP contribution in [0.4, 0.5) is 11.8 Å². The highest BCUT2D eigenvalue weighted by atomic mass is 79.9. The summed E-state index contributed by atoms with van der Waals surface area (Å²) in [5, 5.41) is 6.39. The lowest BCUT2D eigenvalue weighted by atomic mass is 10.2. The van der Waals surface area contributed by atoms with E-state index in [0.29, 0.717) is 12.5 Å². The first-order valence-electron chi connectivity index (χ1n) is 5.93. The van der Waals surface area contributed by atoms with Crippen LogP contribution in [0, 0.1) is 0 Å². The molecule has 4 nitrogen and oxygen atoms in total. The Balaban J connectivity index is 2.08. The maximum atomic E-state index is 4.41. The quantitative estimate of drug-likeness (QED) is 0.815. The molecule has 0 bridgehead atoms. The molecule has 0 aliphatic heterocycles. The van der Waals surface area contributed by atoms with E-state index in [1.54, 1.807) is 6.20 Å². The van der Waals surface area contributed by atoms with Crippen LogP contribution in [0.1, 0.15) is 12.5 Å². The number of nitrogens with one attached hydrogen (secondary N) is 2. The molecule has 2 N–H and O–H groups in total. The van der Waals surface area contributed by atoms with E-state index < -0.39 is 0 Å². The Morgan fingerprint density at radius 3 is 2.79 bits per heavy atom. The summed E-state index contributed by atoms with van der Waals surface area (Å²) in [4.78, 5) is 8.59. The largest absolute Gasteiger partial charge is 0.365 e. The molecule has 0 saturated carbocycles. The molecule has 0 atom stereocenters. The summed E-state index contributed by atoms with van der Waals surface area (Å²) in [5.74, 6) is 1.41. The van der Waals surface area contributed by atoms with Crippen molar-refractivity contribution in [1.82, 2.24) is 9.97 Å². The van der Waals surface area contributed by atoms with Crippen molar-refractivity contribution in [3.8, 4) is 0 Å². The van der Waals surface area contributed by atoms with Crippen molar-refractivity contribution in [2.24, 2.45) is 0 Å². The maximum absolute atomic E-state index is 4.41. The summed E-state index contributed by atoms with van der Waals surface area (Å²) < 4.78 is 1.92. The number of halogens is 2. The lowest BCUT2D eigenvalue weighted by molar-refractivity contribution is 1.04. The minimum Gasteiger partial charge on any atom is -0.365 e. The van der Waals surface area contributed by atoms with Gasteiger partial charge in [0.15, 0.2) is 0 Å². The van der Waals surface area contributed by atoms with Crippen molar-refractivity contribution in [3.05, 3.63) is 45.0 Å². The van der Waals surface area contributed by atoms with E-state index in [2.05, 4.69) is 64.6 Å². The second-order valence-corrected chi connectivity index (χ2v) is 5.67. The molecule has 2 rings (SSSR count). The molecule has 0 fully saturated rings. The molecule has 1 heterocycles. The van der Waals surface area contributed by atoms with Crippen LogP contribution < -0.4 is 10.6 Å². The smallest absolute Gasteiger partial charge is 0.224 e. The molecule has 0 spiro atoms. The van der Waals surface area contributed by atoms with Crippen molar-refractivity contribution >= 4 is 43.6 Å². The van der Waals surface area contributed by atoms with E-state index in [0.717, 1.165) is 21.3 Å². The van der Waals surface area contributed by atoms with Crippen LogP contribution in [0.25, 0.3) is 0 Å². The Kier molecular flexibility index (Phi) is 5.15. The van der Waals surface area contributed by atoms with Crippen molar-refractivity contribution in [2.75, 3.05) is 17.2 Å². The van der Waals surface area contributed by atoms with Gasteiger partial charge in [-0.3, -0.25) is 0 Å². The average Bonchev–Trinajstić information content (AvgIpc) is 2.40. The minimum atomic E-state index is 0.627. The highest BCUT2D eigenvalue weighted by molar-refractivity contribution is 9.10. The van der Waals surface area contributed by atoms with Crippen molar-refractivity contribution in [1.29, 1.82) is 0 Å². The zero-order valence-corrected chi connectivity index (χ0v) is 13.6. The first-order valence-corrected chi connectivity index (χ1v) is 7.52. The van der Waals surface area contributed by atoms with Gasteiger partial charge in [0.05, 0.1) is 4.47 Å². The molecule has 0 saturated heterocycles. The monoisotopic (exact) mass is 384 g/mol. The molecule has 100 valence electrons. The molecule has 0 amide bonds. The van der Waals surface area contributed by atoms with Crippen LogP contribution >= 0.6 is 31.9 Å². The highest BCUT2D eigenvalue weighted by Crippen LogP contribution is 2.21. The molecule has 0 unspecified atom stereocenters. The zero-order chi connectivity index (χ0) is 13.7. The topological polar surface area (TPSA) is 49.8 Å². The third kappa shape index (κ3) is 4.18. The van der Waals surface area contributed by atoms with Crippen LogP contribution in [0.3, 0.4) is 0 Å². The van der Waals surface area contributed by atoms with E-state index in [9.17, 15) is 0 Å². The van der Waals surface area contributed by atoms with Gasteiger partial charge >= 0.3 is 0 Å². The minimum absolute atomic E-state index is 0.627. The second-order valence-electron chi connectivity index (χ2n) is 3.90. The lowest BCUT2D eigenvalue weighted by Gasteiger charge is -2.09. The first kappa shape index (κ1) is 14.3. The van der Waals surface area contributed by atoms with Gasteiger partial charge in [-0.1, -0.05) is 28.1 Å². The number of rotatable bonds is 5. The predicted octanol–water partition coefficient (Wildman–Crippen LogP) is 4.05. The van der Waals surface area contributed by atoms with E-state index in [1.165, 1.54) is 5.56 Å². The van der Waals surface area contributed by atoms with Crippen molar-refractivity contribution < 1.29 is 0 Å². The number of anilines is 2. The number of hydrogen-bond acceptors (Lipinski definition) is 4. The van der Waals surface area contributed by atoms with Crippen LogP contribution in [-0.2, 0) is 6.54 Å². The summed E-state index contributed by atoms with van der Waals surface area (Å²) in [6.07, 6.45) is 1.74. The van der Waals surface area contributed by atoms with E-state index in [1.807, 2.05) is 19.1 Å². The average molecular weight is 386 g/mol. The standard InChI is InChI=1S/C13H14Br2N4/c1-2-16-13-18-8-11(15)12(19-13)17-7-9-4-3-5-10(14)6-9/h3-6,8H,2,7H2,1H3,(H2,16,17,18,19). The SMILES string of the molecule is CCNc1ncc(Br)c(NCc2cccc(Br)c2)n1. The van der Waals surface area contributed by atoms with Crippen LogP contribution in [0.2, 0.25) is 0 Å². The summed E-state index contributed by atoms with van der Waals surface area (Å²) in [6.45, 7) is 3.52. The Labute approximate surface area is 129 Å². The van der Waals surface area contributed by atoms with Gasteiger partial charge in [-0.05, 0) is 40.5 Å². The van der Waals surface area contributed by atoms with E-state index in [-0.39, 0.29) is 0 Å². The molecule has 19 heavy (non-hydrogen) atoms. The molecule has 2 aromatic rings. The Bertz CT molecular complexity index is 560. The van der Waals surface area contributed by atoms with Crippen LogP contribution in [-0.4, -0.2) is 16.5 Å². The van der Waals surface area contributed by atoms with Crippen LogP contribution in [0.5, 0.6) is 0 Å². The van der Waals surface area contributed by atoms with Gasteiger partial charge in [0.2, 0.25) is 5.95 Å². The Hall–Kier alpha value is -1.14. The van der Waals surface area contributed by atoms with Gasteiger partial charge in [0.25, 0.3) is 0 Å². The predicted molar refractivity (Wildman–Crippen MR) is 85.4 cm³/mol. The Morgan fingerprint density at radius 2 is 2.05 bits per heavy atom. The molecule has 1 aromatic heterocycles. The van der Waals surface area contributed by atoms with Gasteiger partial charge in [-0.2, -0.15) is 4.98 Å². The number of benzene rings is 1. The molecule has 6 heteroatoms. The van der Waals surface area contributed by atoms with Gasteiger partial charge in [0, 0.05) is 23.8 Å². The molecular formula is C13H14Br2N4. The first-order chi connectivity index (χ1) is 9.19. The third-order valence-corrected chi connectivity index (χ3v) is 3.50. The number of aromatic nitrogens is 2. The van der Waals surface area contributed by atoms with Gasteiger partial charge in [-0.15, -0.1) is 0 Å². The Morgan fingerprint density at radius 1 is 1.21 bits per heavy atom. The fraction of sp³-hybridized carbons (Fsp3) is 0.231. The summed E-state index contributed by atoms with van der Waals surface area (Å²) in [5.41, 5.74) is 1.19.